The molecule has 1 heterocycles. The fourth-order valence-corrected chi connectivity index (χ4v) is 3.84. The largest absolute Gasteiger partial charge is 0.494 e. The standard InChI is InChI=1S/C25H32N4O3S/c1-3-6-23(30)29-15-13-28(14-16-29)21-11-9-20(10-12-21)26-25(33)27-24(31)19-7-5-8-22(18-19)32-17-4-2/h5,7-12,18H,3-4,6,13-17H2,1-2H3,(H2,26,27,31,33). The number of ether oxygens (including phenoxy) is 1. The molecule has 0 bridgehead atoms. The molecule has 2 aromatic carbocycles. The lowest BCUT2D eigenvalue weighted by atomic mass is 10.2. The van der Waals surface area contributed by atoms with Crippen molar-refractivity contribution in [1.82, 2.24) is 10.2 Å². The van der Waals surface area contributed by atoms with Gasteiger partial charge in [0.1, 0.15) is 5.75 Å². The van der Waals surface area contributed by atoms with E-state index < -0.39 is 0 Å². The fourth-order valence-electron chi connectivity index (χ4n) is 3.63. The van der Waals surface area contributed by atoms with E-state index in [2.05, 4.69) is 15.5 Å². The van der Waals surface area contributed by atoms with Crippen LogP contribution in [0.3, 0.4) is 0 Å². The van der Waals surface area contributed by atoms with Crippen molar-refractivity contribution in [2.75, 3.05) is 43.0 Å². The lowest BCUT2D eigenvalue weighted by Crippen LogP contribution is -2.48. The Balaban J connectivity index is 1.49. The lowest BCUT2D eigenvalue weighted by Gasteiger charge is -2.36. The number of thiocarbonyl (C=S) groups is 1. The van der Waals surface area contributed by atoms with Crippen LogP contribution >= 0.6 is 12.2 Å². The van der Waals surface area contributed by atoms with Crippen molar-refractivity contribution in [3.05, 3.63) is 54.1 Å². The monoisotopic (exact) mass is 468 g/mol. The van der Waals surface area contributed by atoms with Gasteiger partial charge in [-0.25, -0.2) is 0 Å². The Bertz CT molecular complexity index is 956. The zero-order chi connectivity index (χ0) is 23.6. The molecule has 1 fully saturated rings. The first-order chi connectivity index (χ1) is 16.0. The summed E-state index contributed by atoms with van der Waals surface area (Å²) in [6, 6.07) is 14.9. The summed E-state index contributed by atoms with van der Waals surface area (Å²) in [5, 5.41) is 6.00. The summed E-state index contributed by atoms with van der Waals surface area (Å²) >= 11 is 5.31. The molecule has 0 radical (unpaired) electrons. The van der Waals surface area contributed by atoms with Gasteiger partial charge in [-0.3, -0.25) is 14.9 Å². The third-order valence-corrected chi connectivity index (χ3v) is 5.59. The number of anilines is 2. The third kappa shape index (κ3) is 7.18. The lowest BCUT2D eigenvalue weighted by molar-refractivity contribution is -0.131. The Hall–Kier alpha value is -3.13. The van der Waals surface area contributed by atoms with Gasteiger partial charge in [-0.2, -0.15) is 0 Å². The van der Waals surface area contributed by atoms with Gasteiger partial charge in [0.05, 0.1) is 6.61 Å². The molecular formula is C25H32N4O3S. The molecule has 33 heavy (non-hydrogen) atoms. The second kappa shape index (κ2) is 12.2. The summed E-state index contributed by atoms with van der Waals surface area (Å²) in [4.78, 5) is 28.8. The molecule has 3 rings (SSSR count). The number of rotatable bonds is 8. The minimum Gasteiger partial charge on any atom is -0.494 e. The van der Waals surface area contributed by atoms with Crippen molar-refractivity contribution >= 4 is 40.5 Å². The number of carbonyl (C=O) groups is 2. The van der Waals surface area contributed by atoms with Crippen LogP contribution in [0, 0.1) is 0 Å². The maximum absolute atomic E-state index is 12.5. The van der Waals surface area contributed by atoms with E-state index in [1.807, 2.05) is 49.1 Å². The number of hydrogen-bond acceptors (Lipinski definition) is 5. The van der Waals surface area contributed by atoms with Gasteiger partial charge >= 0.3 is 0 Å². The number of carbonyl (C=O) groups excluding carboxylic acids is 2. The summed E-state index contributed by atoms with van der Waals surface area (Å²) in [5.41, 5.74) is 2.38. The molecule has 2 aromatic rings. The van der Waals surface area contributed by atoms with E-state index in [9.17, 15) is 9.59 Å². The number of hydrogen-bond donors (Lipinski definition) is 2. The van der Waals surface area contributed by atoms with E-state index in [0.717, 1.165) is 50.4 Å². The predicted octanol–water partition coefficient (Wildman–Crippen LogP) is 4.05. The van der Waals surface area contributed by atoms with Crippen LogP contribution in [-0.4, -0.2) is 54.6 Å². The van der Waals surface area contributed by atoms with Crippen LogP contribution in [0.15, 0.2) is 48.5 Å². The maximum atomic E-state index is 12.5. The number of piperazine rings is 1. The molecule has 8 heteroatoms. The first-order valence-electron chi connectivity index (χ1n) is 11.5. The quantitative estimate of drug-likeness (QED) is 0.570. The Kier molecular flexibility index (Phi) is 9.06. The minimum absolute atomic E-state index is 0.232. The fraction of sp³-hybridized carbons (Fsp3) is 0.400. The molecule has 7 nitrogen and oxygen atoms in total. The molecule has 1 aliphatic rings. The molecule has 0 aliphatic carbocycles. The van der Waals surface area contributed by atoms with Gasteiger partial charge in [-0.05, 0) is 67.5 Å². The molecule has 0 aromatic heterocycles. The maximum Gasteiger partial charge on any atom is 0.257 e. The van der Waals surface area contributed by atoms with Crippen molar-refractivity contribution in [1.29, 1.82) is 0 Å². The van der Waals surface area contributed by atoms with Crippen molar-refractivity contribution in [2.45, 2.75) is 33.1 Å². The molecule has 0 unspecified atom stereocenters. The van der Waals surface area contributed by atoms with E-state index in [0.29, 0.717) is 24.3 Å². The average Bonchev–Trinajstić information content (AvgIpc) is 2.83. The Morgan fingerprint density at radius 3 is 2.39 bits per heavy atom. The Morgan fingerprint density at radius 1 is 1.00 bits per heavy atom. The minimum atomic E-state index is -0.290. The average molecular weight is 469 g/mol. The molecule has 176 valence electrons. The number of amides is 2. The van der Waals surface area contributed by atoms with Crippen LogP contribution in [0.5, 0.6) is 5.75 Å². The normalized spacial score (nSPS) is 13.4. The molecule has 0 spiro atoms. The highest BCUT2D eigenvalue weighted by Gasteiger charge is 2.20. The van der Waals surface area contributed by atoms with Gasteiger partial charge in [0.25, 0.3) is 5.91 Å². The topological polar surface area (TPSA) is 73.9 Å². The van der Waals surface area contributed by atoms with Crippen LogP contribution in [0.2, 0.25) is 0 Å². The van der Waals surface area contributed by atoms with E-state index in [4.69, 9.17) is 17.0 Å². The molecular weight excluding hydrogens is 436 g/mol. The molecule has 0 saturated carbocycles. The predicted molar refractivity (Wildman–Crippen MR) is 136 cm³/mol. The second-order valence-corrected chi connectivity index (χ2v) is 8.36. The molecule has 0 atom stereocenters. The second-order valence-electron chi connectivity index (χ2n) is 7.95. The van der Waals surface area contributed by atoms with Crippen molar-refractivity contribution in [3.8, 4) is 5.75 Å². The number of nitrogens with zero attached hydrogens (tertiary/aromatic N) is 2. The zero-order valence-electron chi connectivity index (χ0n) is 19.3. The van der Waals surface area contributed by atoms with Crippen LogP contribution in [-0.2, 0) is 4.79 Å². The van der Waals surface area contributed by atoms with E-state index in [1.54, 1.807) is 18.2 Å². The van der Waals surface area contributed by atoms with Gasteiger partial charge in [0.15, 0.2) is 5.11 Å². The van der Waals surface area contributed by atoms with Crippen LogP contribution in [0.1, 0.15) is 43.5 Å². The van der Waals surface area contributed by atoms with Gasteiger partial charge < -0.3 is 19.9 Å². The van der Waals surface area contributed by atoms with Gasteiger partial charge in [0.2, 0.25) is 5.91 Å². The highest BCUT2D eigenvalue weighted by Crippen LogP contribution is 2.20. The van der Waals surface area contributed by atoms with E-state index in [1.165, 1.54) is 0 Å². The third-order valence-electron chi connectivity index (χ3n) is 5.38. The SMILES string of the molecule is CCCOc1cccc(C(=O)NC(=S)Nc2ccc(N3CCN(C(=O)CCC)CC3)cc2)c1. The molecule has 1 saturated heterocycles. The van der Waals surface area contributed by atoms with Gasteiger partial charge in [-0.1, -0.05) is 19.9 Å². The summed E-state index contributed by atoms with van der Waals surface area (Å²) in [7, 11) is 0. The van der Waals surface area contributed by atoms with E-state index >= 15 is 0 Å². The van der Waals surface area contributed by atoms with Gasteiger partial charge in [-0.15, -0.1) is 0 Å². The number of benzene rings is 2. The highest BCUT2D eigenvalue weighted by atomic mass is 32.1. The van der Waals surface area contributed by atoms with Crippen LogP contribution < -0.4 is 20.3 Å². The highest BCUT2D eigenvalue weighted by molar-refractivity contribution is 7.80. The molecule has 1 aliphatic heterocycles. The van der Waals surface area contributed by atoms with Crippen LogP contribution in [0.25, 0.3) is 0 Å². The zero-order valence-corrected chi connectivity index (χ0v) is 20.1. The van der Waals surface area contributed by atoms with Gasteiger partial charge in [0, 0.05) is 49.5 Å². The first-order valence-corrected chi connectivity index (χ1v) is 11.9. The Morgan fingerprint density at radius 2 is 1.73 bits per heavy atom. The van der Waals surface area contributed by atoms with Crippen molar-refractivity contribution < 1.29 is 14.3 Å². The number of nitrogens with one attached hydrogen (secondary N) is 2. The summed E-state index contributed by atoms with van der Waals surface area (Å²) < 4.78 is 5.58. The Labute approximate surface area is 201 Å². The molecule has 2 amide bonds. The van der Waals surface area contributed by atoms with Crippen molar-refractivity contribution in [3.63, 3.8) is 0 Å². The first kappa shape index (κ1) is 24.5. The van der Waals surface area contributed by atoms with Crippen molar-refractivity contribution in [2.24, 2.45) is 0 Å². The summed E-state index contributed by atoms with van der Waals surface area (Å²) in [6.45, 7) is 7.80. The van der Waals surface area contributed by atoms with Crippen LogP contribution in [0.4, 0.5) is 11.4 Å². The van der Waals surface area contributed by atoms with E-state index in [-0.39, 0.29) is 16.9 Å². The summed E-state index contributed by atoms with van der Waals surface area (Å²) in [6.07, 6.45) is 2.41. The molecule has 2 N–H and O–H groups in total. The summed E-state index contributed by atoms with van der Waals surface area (Å²) in [5.74, 6) is 0.614. The smallest absolute Gasteiger partial charge is 0.257 e.